The molecule has 4 heteroatoms. The largest absolute Gasteiger partial charge is 0.394 e. The molecule has 4 N–H and O–H groups in total. The number of carbonyl (C=O) groups excluding carboxylic acids is 1. The normalized spacial score (nSPS) is 14.7. The fourth-order valence-corrected chi connectivity index (χ4v) is 1.38. The van der Waals surface area contributed by atoms with Gasteiger partial charge in [0.15, 0.2) is 0 Å². The summed E-state index contributed by atoms with van der Waals surface area (Å²) in [5.74, 6) is 0.523. The Balaban J connectivity index is 3.64. The molecule has 0 fully saturated rings. The monoisotopic (exact) mass is 216 g/mol. The van der Waals surface area contributed by atoms with Crippen LogP contribution < -0.4 is 11.1 Å². The molecule has 1 amide bonds. The molecular formula is C11H24N2O2. The lowest BCUT2D eigenvalue weighted by Crippen LogP contribution is -2.36. The van der Waals surface area contributed by atoms with E-state index in [0.29, 0.717) is 18.9 Å². The summed E-state index contributed by atoms with van der Waals surface area (Å²) in [6.07, 6.45) is 3.12. The number of rotatable bonds is 8. The first-order valence-electron chi connectivity index (χ1n) is 5.74. The summed E-state index contributed by atoms with van der Waals surface area (Å²) in [6, 6.07) is -0.0951. The Morgan fingerprint density at radius 3 is 2.60 bits per heavy atom. The van der Waals surface area contributed by atoms with Gasteiger partial charge in [0.2, 0.25) is 5.91 Å². The number of aliphatic hydroxyl groups is 1. The topological polar surface area (TPSA) is 75.3 Å². The zero-order valence-corrected chi connectivity index (χ0v) is 9.83. The van der Waals surface area contributed by atoms with Gasteiger partial charge >= 0.3 is 0 Å². The molecule has 0 aromatic heterocycles. The standard InChI is InChI=1S/C11H24N2O2/c1-3-10(8-14)13-11(15)5-4-9(2)6-7-12/h9-10,14H,3-8,12H2,1-2H3,(H,13,15). The van der Waals surface area contributed by atoms with Crippen LogP contribution in [0.1, 0.15) is 39.5 Å². The molecule has 2 atom stereocenters. The van der Waals surface area contributed by atoms with E-state index in [4.69, 9.17) is 10.8 Å². The maximum atomic E-state index is 11.4. The summed E-state index contributed by atoms with van der Waals surface area (Å²) < 4.78 is 0. The second-order valence-electron chi connectivity index (χ2n) is 4.08. The van der Waals surface area contributed by atoms with Crippen molar-refractivity contribution in [1.29, 1.82) is 0 Å². The van der Waals surface area contributed by atoms with E-state index >= 15 is 0 Å². The van der Waals surface area contributed by atoms with Gasteiger partial charge in [-0.3, -0.25) is 4.79 Å². The molecule has 0 aliphatic rings. The van der Waals surface area contributed by atoms with Crippen LogP contribution in [0, 0.1) is 5.92 Å². The smallest absolute Gasteiger partial charge is 0.220 e. The van der Waals surface area contributed by atoms with Gasteiger partial charge in [-0.15, -0.1) is 0 Å². The van der Waals surface area contributed by atoms with E-state index in [-0.39, 0.29) is 18.6 Å². The van der Waals surface area contributed by atoms with Gasteiger partial charge in [-0.2, -0.15) is 0 Å². The minimum atomic E-state index is -0.0951. The molecule has 0 aliphatic carbocycles. The van der Waals surface area contributed by atoms with Gasteiger partial charge in [-0.25, -0.2) is 0 Å². The van der Waals surface area contributed by atoms with Crippen molar-refractivity contribution in [3.05, 3.63) is 0 Å². The molecule has 0 aromatic rings. The molecule has 0 saturated carbocycles. The van der Waals surface area contributed by atoms with Crippen LogP contribution in [0.25, 0.3) is 0 Å². The summed E-state index contributed by atoms with van der Waals surface area (Å²) >= 11 is 0. The van der Waals surface area contributed by atoms with Gasteiger partial charge in [-0.05, 0) is 31.7 Å². The molecule has 0 radical (unpaired) electrons. The molecule has 0 saturated heterocycles. The van der Waals surface area contributed by atoms with Crippen LogP contribution in [0.15, 0.2) is 0 Å². The number of amides is 1. The lowest BCUT2D eigenvalue weighted by molar-refractivity contribution is -0.122. The van der Waals surface area contributed by atoms with Crippen LogP contribution in [-0.4, -0.2) is 30.2 Å². The Morgan fingerprint density at radius 2 is 2.13 bits per heavy atom. The van der Waals surface area contributed by atoms with Crippen LogP contribution in [0.4, 0.5) is 0 Å². The highest BCUT2D eigenvalue weighted by Crippen LogP contribution is 2.08. The van der Waals surface area contributed by atoms with Gasteiger partial charge in [0.05, 0.1) is 12.6 Å². The molecule has 4 nitrogen and oxygen atoms in total. The first-order chi connectivity index (χ1) is 7.13. The third-order valence-electron chi connectivity index (χ3n) is 2.60. The minimum Gasteiger partial charge on any atom is -0.394 e. The van der Waals surface area contributed by atoms with Gasteiger partial charge in [0, 0.05) is 6.42 Å². The zero-order chi connectivity index (χ0) is 11.7. The highest BCUT2D eigenvalue weighted by molar-refractivity contribution is 5.76. The number of carbonyl (C=O) groups is 1. The Bertz CT molecular complexity index is 170. The SMILES string of the molecule is CCC(CO)NC(=O)CCC(C)CCN. The predicted molar refractivity (Wildman–Crippen MR) is 61.4 cm³/mol. The molecule has 90 valence electrons. The fraction of sp³-hybridized carbons (Fsp3) is 0.909. The van der Waals surface area contributed by atoms with Crippen molar-refractivity contribution >= 4 is 5.91 Å². The fourth-order valence-electron chi connectivity index (χ4n) is 1.38. The Labute approximate surface area is 92.2 Å². The second kappa shape index (κ2) is 8.68. The molecule has 0 spiro atoms. The summed E-state index contributed by atoms with van der Waals surface area (Å²) in [6.45, 7) is 4.74. The molecule has 0 bridgehead atoms. The van der Waals surface area contributed by atoms with Crippen molar-refractivity contribution in [3.63, 3.8) is 0 Å². The van der Waals surface area contributed by atoms with Crippen molar-refractivity contribution in [2.24, 2.45) is 11.7 Å². The zero-order valence-electron chi connectivity index (χ0n) is 9.83. The van der Waals surface area contributed by atoms with E-state index < -0.39 is 0 Å². The molecule has 0 aromatic carbocycles. The lowest BCUT2D eigenvalue weighted by atomic mass is 10.0. The molecular weight excluding hydrogens is 192 g/mol. The minimum absolute atomic E-state index is 0.0145. The predicted octanol–water partition coefficient (Wildman–Crippen LogP) is 0.639. The van der Waals surface area contributed by atoms with E-state index in [1.54, 1.807) is 0 Å². The summed E-state index contributed by atoms with van der Waals surface area (Å²) in [4.78, 5) is 11.4. The molecule has 0 rings (SSSR count). The third kappa shape index (κ3) is 7.33. The summed E-state index contributed by atoms with van der Waals surface area (Å²) in [5, 5.41) is 11.7. The van der Waals surface area contributed by atoms with Crippen LogP contribution in [-0.2, 0) is 4.79 Å². The Hall–Kier alpha value is -0.610. The van der Waals surface area contributed by atoms with E-state index in [9.17, 15) is 4.79 Å². The maximum Gasteiger partial charge on any atom is 0.220 e. The van der Waals surface area contributed by atoms with E-state index in [2.05, 4.69) is 12.2 Å². The van der Waals surface area contributed by atoms with Crippen LogP contribution in [0.5, 0.6) is 0 Å². The molecule has 0 aliphatic heterocycles. The van der Waals surface area contributed by atoms with Crippen molar-refractivity contribution in [2.75, 3.05) is 13.2 Å². The van der Waals surface area contributed by atoms with Gasteiger partial charge < -0.3 is 16.2 Å². The van der Waals surface area contributed by atoms with Crippen molar-refractivity contribution in [1.82, 2.24) is 5.32 Å². The van der Waals surface area contributed by atoms with Gasteiger partial charge in [0.1, 0.15) is 0 Å². The first kappa shape index (κ1) is 14.4. The highest BCUT2D eigenvalue weighted by atomic mass is 16.3. The number of hydrogen-bond acceptors (Lipinski definition) is 3. The lowest BCUT2D eigenvalue weighted by Gasteiger charge is -2.15. The van der Waals surface area contributed by atoms with Crippen molar-refractivity contribution in [2.45, 2.75) is 45.6 Å². The van der Waals surface area contributed by atoms with E-state index in [0.717, 1.165) is 19.3 Å². The summed E-state index contributed by atoms with van der Waals surface area (Å²) in [7, 11) is 0. The van der Waals surface area contributed by atoms with E-state index in [1.165, 1.54) is 0 Å². The van der Waals surface area contributed by atoms with Crippen molar-refractivity contribution < 1.29 is 9.90 Å². The number of nitrogens with two attached hydrogens (primary N) is 1. The maximum absolute atomic E-state index is 11.4. The van der Waals surface area contributed by atoms with Crippen LogP contribution >= 0.6 is 0 Å². The first-order valence-corrected chi connectivity index (χ1v) is 5.74. The number of aliphatic hydroxyl groups excluding tert-OH is 1. The third-order valence-corrected chi connectivity index (χ3v) is 2.60. The average molecular weight is 216 g/mol. The summed E-state index contributed by atoms with van der Waals surface area (Å²) in [5.41, 5.74) is 5.43. The molecule has 15 heavy (non-hydrogen) atoms. The number of nitrogens with one attached hydrogen (secondary N) is 1. The molecule has 2 unspecified atom stereocenters. The van der Waals surface area contributed by atoms with Gasteiger partial charge in [-0.1, -0.05) is 13.8 Å². The average Bonchev–Trinajstić information content (AvgIpc) is 2.23. The second-order valence-corrected chi connectivity index (χ2v) is 4.08. The highest BCUT2D eigenvalue weighted by Gasteiger charge is 2.10. The van der Waals surface area contributed by atoms with E-state index in [1.807, 2.05) is 6.92 Å². The Kier molecular flexibility index (Phi) is 8.33. The number of hydrogen-bond donors (Lipinski definition) is 3. The van der Waals surface area contributed by atoms with Crippen LogP contribution in [0.3, 0.4) is 0 Å². The quantitative estimate of drug-likeness (QED) is 0.557. The molecule has 0 heterocycles. The van der Waals surface area contributed by atoms with Crippen LogP contribution in [0.2, 0.25) is 0 Å². The van der Waals surface area contributed by atoms with Gasteiger partial charge in [0.25, 0.3) is 0 Å². The van der Waals surface area contributed by atoms with Crippen molar-refractivity contribution in [3.8, 4) is 0 Å². The Morgan fingerprint density at radius 1 is 1.47 bits per heavy atom.